The van der Waals surface area contributed by atoms with Crippen molar-refractivity contribution in [2.45, 2.75) is 20.3 Å². The fourth-order valence-electron chi connectivity index (χ4n) is 1.77. The van der Waals surface area contributed by atoms with Gasteiger partial charge in [-0.15, -0.1) is 0 Å². The summed E-state index contributed by atoms with van der Waals surface area (Å²) >= 11 is 0. The molecule has 3 heteroatoms. The van der Waals surface area contributed by atoms with Gasteiger partial charge in [-0.25, -0.2) is 0 Å². The van der Waals surface area contributed by atoms with Crippen molar-refractivity contribution in [3.8, 4) is 11.3 Å². The van der Waals surface area contributed by atoms with E-state index < -0.39 is 0 Å². The van der Waals surface area contributed by atoms with Crippen molar-refractivity contribution in [2.24, 2.45) is 13.0 Å². The molecule has 0 aromatic carbocycles. The van der Waals surface area contributed by atoms with Gasteiger partial charge in [0.1, 0.15) is 0 Å². The number of hydrogen-bond acceptors (Lipinski definition) is 2. The minimum atomic E-state index is 0.648. The molecule has 0 radical (unpaired) electrons. The van der Waals surface area contributed by atoms with Gasteiger partial charge in [0.2, 0.25) is 0 Å². The van der Waals surface area contributed by atoms with Gasteiger partial charge in [0.15, 0.2) is 0 Å². The maximum atomic E-state index is 4.47. The zero-order valence-corrected chi connectivity index (χ0v) is 10.0. The van der Waals surface area contributed by atoms with E-state index in [0.717, 1.165) is 23.4 Å². The van der Waals surface area contributed by atoms with E-state index in [1.165, 1.54) is 0 Å². The molecule has 0 N–H and O–H groups in total. The number of aromatic nitrogens is 3. The third-order valence-electron chi connectivity index (χ3n) is 2.56. The van der Waals surface area contributed by atoms with E-state index >= 15 is 0 Å². The average Bonchev–Trinajstić information content (AvgIpc) is 2.65. The maximum absolute atomic E-state index is 4.47. The van der Waals surface area contributed by atoms with Gasteiger partial charge in [-0.3, -0.25) is 9.67 Å². The van der Waals surface area contributed by atoms with Crippen molar-refractivity contribution in [3.63, 3.8) is 0 Å². The number of nitrogens with zero attached hydrogens (tertiary/aromatic N) is 3. The van der Waals surface area contributed by atoms with E-state index in [0.29, 0.717) is 5.92 Å². The van der Waals surface area contributed by atoms with Crippen LogP contribution in [0.5, 0.6) is 0 Å². The van der Waals surface area contributed by atoms with Crippen LogP contribution in [-0.2, 0) is 13.5 Å². The molecule has 2 heterocycles. The number of rotatable bonds is 3. The second-order valence-electron chi connectivity index (χ2n) is 4.48. The van der Waals surface area contributed by atoms with Crippen molar-refractivity contribution in [2.75, 3.05) is 0 Å². The van der Waals surface area contributed by atoms with Gasteiger partial charge in [0.05, 0.1) is 5.69 Å². The van der Waals surface area contributed by atoms with Crippen LogP contribution in [0, 0.1) is 5.92 Å². The lowest BCUT2D eigenvalue weighted by Crippen LogP contribution is -1.98. The monoisotopic (exact) mass is 215 g/mol. The molecule has 0 unspecified atom stereocenters. The van der Waals surface area contributed by atoms with Crippen LogP contribution in [0.15, 0.2) is 30.6 Å². The van der Waals surface area contributed by atoms with E-state index in [4.69, 9.17) is 0 Å². The highest BCUT2D eigenvalue weighted by Crippen LogP contribution is 2.17. The largest absolute Gasteiger partial charge is 0.268 e. The van der Waals surface area contributed by atoms with Crippen LogP contribution in [0.25, 0.3) is 11.3 Å². The molecule has 84 valence electrons. The Kier molecular flexibility index (Phi) is 3.04. The molecular formula is C13H17N3. The molecule has 0 spiro atoms. The first-order valence-electron chi connectivity index (χ1n) is 5.60. The first-order chi connectivity index (χ1) is 7.66. The zero-order valence-electron chi connectivity index (χ0n) is 10.0. The van der Waals surface area contributed by atoms with Crippen LogP contribution in [-0.4, -0.2) is 14.8 Å². The van der Waals surface area contributed by atoms with Gasteiger partial charge < -0.3 is 0 Å². The van der Waals surface area contributed by atoms with Gasteiger partial charge >= 0.3 is 0 Å². The molecule has 0 saturated heterocycles. The molecule has 16 heavy (non-hydrogen) atoms. The van der Waals surface area contributed by atoms with Crippen LogP contribution in [0.3, 0.4) is 0 Å². The summed E-state index contributed by atoms with van der Waals surface area (Å²) in [7, 11) is 1.94. The predicted molar refractivity (Wildman–Crippen MR) is 65.0 cm³/mol. The summed E-state index contributed by atoms with van der Waals surface area (Å²) < 4.78 is 1.86. The van der Waals surface area contributed by atoms with Crippen LogP contribution < -0.4 is 0 Å². The molecule has 2 rings (SSSR count). The summed E-state index contributed by atoms with van der Waals surface area (Å²) in [5.41, 5.74) is 3.37. The Hall–Kier alpha value is -1.64. The molecule has 0 aliphatic rings. The smallest absolute Gasteiger partial charge is 0.0694 e. The fraction of sp³-hybridized carbons (Fsp3) is 0.385. The SMILES string of the molecule is CC(C)Cc1ccc(-c2ccnn2C)cn1. The highest BCUT2D eigenvalue weighted by atomic mass is 15.3. The van der Waals surface area contributed by atoms with Gasteiger partial charge in [-0.2, -0.15) is 5.10 Å². The summed E-state index contributed by atoms with van der Waals surface area (Å²) in [6.07, 6.45) is 4.76. The Balaban J connectivity index is 2.23. The molecule has 0 atom stereocenters. The van der Waals surface area contributed by atoms with E-state index in [1.807, 2.05) is 24.0 Å². The highest BCUT2D eigenvalue weighted by molar-refractivity contribution is 5.57. The molecule has 0 fully saturated rings. The van der Waals surface area contributed by atoms with Crippen LogP contribution in [0.4, 0.5) is 0 Å². The Bertz CT molecular complexity index is 454. The predicted octanol–water partition coefficient (Wildman–Crippen LogP) is 2.68. The third-order valence-corrected chi connectivity index (χ3v) is 2.56. The first kappa shape index (κ1) is 10.9. The van der Waals surface area contributed by atoms with Gasteiger partial charge in [-0.1, -0.05) is 13.8 Å². The van der Waals surface area contributed by atoms with Crippen LogP contribution in [0.2, 0.25) is 0 Å². The first-order valence-corrected chi connectivity index (χ1v) is 5.60. The molecule has 0 bridgehead atoms. The second-order valence-corrected chi connectivity index (χ2v) is 4.48. The summed E-state index contributed by atoms with van der Waals surface area (Å²) in [6, 6.07) is 6.21. The van der Waals surface area contributed by atoms with E-state index in [1.54, 1.807) is 6.20 Å². The standard InChI is InChI=1S/C13H17N3/c1-10(2)8-12-5-4-11(9-14-12)13-6-7-15-16(13)3/h4-7,9-10H,8H2,1-3H3. The Morgan fingerprint density at radius 3 is 2.56 bits per heavy atom. The van der Waals surface area contributed by atoms with Crippen molar-refractivity contribution < 1.29 is 0 Å². The minimum absolute atomic E-state index is 0.648. The third kappa shape index (κ3) is 2.30. The number of aryl methyl sites for hydroxylation is 1. The van der Waals surface area contributed by atoms with Crippen molar-refractivity contribution in [1.82, 2.24) is 14.8 Å². The lowest BCUT2D eigenvalue weighted by molar-refractivity contribution is 0.635. The summed E-state index contributed by atoms with van der Waals surface area (Å²) in [6.45, 7) is 4.41. The topological polar surface area (TPSA) is 30.7 Å². The average molecular weight is 215 g/mol. The molecule has 0 aliphatic carbocycles. The van der Waals surface area contributed by atoms with Crippen LogP contribution in [0.1, 0.15) is 19.5 Å². The molecule has 0 amide bonds. The lowest BCUT2D eigenvalue weighted by atomic mass is 10.1. The summed E-state index contributed by atoms with van der Waals surface area (Å²) in [4.78, 5) is 4.47. The number of hydrogen-bond donors (Lipinski definition) is 0. The molecular weight excluding hydrogens is 198 g/mol. The summed E-state index contributed by atoms with van der Waals surface area (Å²) in [5.74, 6) is 0.648. The van der Waals surface area contributed by atoms with Crippen LogP contribution >= 0.6 is 0 Å². The van der Waals surface area contributed by atoms with Crippen molar-refractivity contribution in [3.05, 3.63) is 36.3 Å². The number of pyridine rings is 1. The van der Waals surface area contributed by atoms with E-state index in [2.05, 4.69) is 36.1 Å². The molecule has 0 saturated carbocycles. The lowest BCUT2D eigenvalue weighted by Gasteiger charge is -2.05. The van der Waals surface area contributed by atoms with Gasteiger partial charge in [0.25, 0.3) is 0 Å². The Morgan fingerprint density at radius 2 is 2.06 bits per heavy atom. The van der Waals surface area contributed by atoms with Crippen molar-refractivity contribution >= 4 is 0 Å². The highest BCUT2D eigenvalue weighted by Gasteiger charge is 2.04. The Morgan fingerprint density at radius 1 is 1.25 bits per heavy atom. The van der Waals surface area contributed by atoms with E-state index in [-0.39, 0.29) is 0 Å². The molecule has 3 nitrogen and oxygen atoms in total. The zero-order chi connectivity index (χ0) is 11.5. The maximum Gasteiger partial charge on any atom is 0.0694 e. The minimum Gasteiger partial charge on any atom is -0.268 e. The van der Waals surface area contributed by atoms with E-state index in [9.17, 15) is 0 Å². The molecule has 0 aliphatic heterocycles. The molecule has 2 aromatic heterocycles. The van der Waals surface area contributed by atoms with Gasteiger partial charge in [-0.05, 0) is 30.5 Å². The normalized spacial score (nSPS) is 11.0. The fourth-order valence-corrected chi connectivity index (χ4v) is 1.77. The van der Waals surface area contributed by atoms with Crippen molar-refractivity contribution in [1.29, 1.82) is 0 Å². The summed E-state index contributed by atoms with van der Waals surface area (Å²) in [5, 5.41) is 4.15. The Labute approximate surface area is 96.1 Å². The van der Waals surface area contributed by atoms with Gasteiger partial charge in [0, 0.05) is 30.7 Å². The molecule has 2 aromatic rings. The second kappa shape index (κ2) is 4.47. The quantitative estimate of drug-likeness (QED) is 0.788.